The van der Waals surface area contributed by atoms with Crippen molar-refractivity contribution < 1.29 is 0 Å². The van der Waals surface area contributed by atoms with Crippen LogP contribution in [0.2, 0.25) is 0 Å². The Bertz CT molecular complexity index is 1080. The second-order valence-corrected chi connectivity index (χ2v) is 8.09. The standard InChI is InChI=1S/C29H30N2/c1-3-5-7-9-23-12-16-25(17-13-23)27-19-18-26(28(20-30)29(27)21-31)24-14-10-22(11-15-24)8-6-4-2/h10-19H,3-9H2,1-2H3. The molecule has 2 heteroatoms. The number of hydrogen-bond donors (Lipinski definition) is 0. The number of nitrogens with zero attached hydrogens (tertiary/aromatic N) is 2. The van der Waals surface area contributed by atoms with E-state index in [0.717, 1.165) is 35.1 Å². The van der Waals surface area contributed by atoms with E-state index < -0.39 is 0 Å². The first-order chi connectivity index (χ1) is 15.2. The summed E-state index contributed by atoms with van der Waals surface area (Å²) in [6.07, 6.45) is 8.15. The van der Waals surface area contributed by atoms with Crippen LogP contribution in [0.5, 0.6) is 0 Å². The lowest BCUT2D eigenvalue weighted by molar-refractivity contribution is 0.717. The fourth-order valence-corrected chi connectivity index (χ4v) is 3.98. The Morgan fingerprint density at radius 1 is 0.548 bits per heavy atom. The highest BCUT2D eigenvalue weighted by molar-refractivity contribution is 5.82. The van der Waals surface area contributed by atoms with Crippen molar-refractivity contribution in [2.45, 2.75) is 58.8 Å². The van der Waals surface area contributed by atoms with E-state index in [9.17, 15) is 10.5 Å². The molecule has 0 spiro atoms. The van der Waals surface area contributed by atoms with Gasteiger partial charge >= 0.3 is 0 Å². The molecule has 0 saturated carbocycles. The van der Waals surface area contributed by atoms with Crippen LogP contribution in [0.4, 0.5) is 0 Å². The van der Waals surface area contributed by atoms with Crippen molar-refractivity contribution in [3.8, 4) is 34.4 Å². The van der Waals surface area contributed by atoms with Crippen LogP contribution in [0, 0.1) is 22.7 Å². The third-order valence-corrected chi connectivity index (χ3v) is 5.85. The highest BCUT2D eigenvalue weighted by Gasteiger charge is 2.16. The molecule has 3 aromatic carbocycles. The van der Waals surface area contributed by atoms with Crippen molar-refractivity contribution in [3.05, 3.63) is 82.9 Å². The summed E-state index contributed by atoms with van der Waals surface area (Å²) in [7, 11) is 0. The van der Waals surface area contributed by atoms with E-state index >= 15 is 0 Å². The minimum atomic E-state index is 0.452. The largest absolute Gasteiger partial charge is 0.192 e. The summed E-state index contributed by atoms with van der Waals surface area (Å²) in [5.41, 5.74) is 7.13. The van der Waals surface area contributed by atoms with Crippen LogP contribution in [0.15, 0.2) is 60.7 Å². The Kier molecular flexibility index (Phi) is 8.03. The van der Waals surface area contributed by atoms with Gasteiger partial charge in [-0.05, 0) is 47.9 Å². The second-order valence-electron chi connectivity index (χ2n) is 8.09. The SMILES string of the molecule is CCCCCc1ccc(-c2ccc(-c3ccc(CCCC)cc3)c(C#N)c2C#N)cc1. The molecule has 0 aliphatic heterocycles. The van der Waals surface area contributed by atoms with Crippen LogP contribution in [0.1, 0.15) is 68.2 Å². The molecule has 0 radical (unpaired) electrons. The summed E-state index contributed by atoms with van der Waals surface area (Å²) in [6.45, 7) is 4.41. The molecule has 0 saturated heterocycles. The van der Waals surface area contributed by atoms with Crippen molar-refractivity contribution in [2.24, 2.45) is 0 Å². The molecule has 0 bridgehead atoms. The van der Waals surface area contributed by atoms with Crippen LogP contribution < -0.4 is 0 Å². The minimum absolute atomic E-state index is 0.452. The van der Waals surface area contributed by atoms with E-state index in [-0.39, 0.29) is 0 Å². The molecule has 156 valence electrons. The topological polar surface area (TPSA) is 47.6 Å². The van der Waals surface area contributed by atoms with E-state index in [2.05, 4.69) is 74.5 Å². The Balaban J connectivity index is 1.93. The monoisotopic (exact) mass is 406 g/mol. The zero-order valence-electron chi connectivity index (χ0n) is 18.6. The fraction of sp³-hybridized carbons (Fsp3) is 0.310. The lowest BCUT2D eigenvalue weighted by Gasteiger charge is -2.12. The van der Waals surface area contributed by atoms with Crippen molar-refractivity contribution >= 4 is 0 Å². The first kappa shape index (κ1) is 22.3. The lowest BCUT2D eigenvalue weighted by atomic mass is 9.89. The summed E-state index contributed by atoms with van der Waals surface area (Å²) in [4.78, 5) is 0. The predicted octanol–water partition coefficient (Wildman–Crippen LogP) is 7.84. The van der Waals surface area contributed by atoms with Crippen LogP contribution >= 0.6 is 0 Å². The predicted molar refractivity (Wildman–Crippen MR) is 129 cm³/mol. The summed E-state index contributed by atoms with van der Waals surface area (Å²) in [5.74, 6) is 0. The molecule has 0 aliphatic rings. The van der Waals surface area contributed by atoms with Gasteiger partial charge in [-0.25, -0.2) is 0 Å². The van der Waals surface area contributed by atoms with Gasteiger partial charge in [0.1, 0.15) is 12.1 Å². The van der Waals surface area contributed by atoms with Crippen LogP contribution in [-0.4, -0.2) is 0 Å². The number of nitriles is 2. The van der Waals surface area contributed by atoms with Gasteiger partial charge in [-0.15, -0.1) is 0 Å². The first-order valence-electron chi connectivity index (χ1n) is 11.4. The number of hydrogen-bond acceptors (Lipinski definition) is 2. The van der Waals surface area contributed by atoms with Gasteiger partial charge in [0.2, 0.25) is 0 Å². The fourth-order valence-electron chi connectivity index (χ4n) is 3.98. The maximum Gasteiger partial charge on any atom is 0.101 e. The average molecular weight is 407 g/mol. The lowest BCUT2D eigenvalue weighted by Crippen LogP contribution is -1.95. The van der Waals surface area contributed by atoms with Crippen molar-refractivity contribution in [3.63, 3.8) is 0 Å². The molecule has 0 atom stereocenters. The third kappa shape index (κ3) is 5.42. The average Bonchev–Trinajstić information content (AvgIpc) is 2.82. The molecular formula is C29H30N2. The third-order valence-electron chi connectivity index (χ3n) is 5.85. The summed E-state index contributed by atoms with van der Waals surface area (Å²) >= 11 is 0. The number of benzene rings is 3. The Morgan fingerprint density at radius 3 is 1.35 bits per heavy atom. The Morgan fingerprint density at radius 2 is 0.968 bits per heavy atom. The van der Waals surface area contributed by atoms with Crippen molar-refractivity contribution in [1.29, 1.82) is 10.5 Å². The molecule has 0 amide bonds. The first-order valence-corrected chi connectivity index (χ1v) is 11.4. The highest BCUT2D eigenvalue weighted by atomic mass is 14.3. The van der Waals surface area contributed by atoms with Crippen molar-refractivity contribution in [1.82, 2.24) is 0 Å². The van der Waals surface area contributed by atoms with Crippen LogP contribution in [0.25, 0.3) is 22.3 Å². The number of unbranched alkanes of at least 4 members (excludes halogenated alkanes) is 3. The van der Waals surface area contributed by atoms with E-state index in [0.29, 0.717) is 11.1 Å². The van der Waals surface area contributed by atoms with Gasteiger partial charge in [-0.3, -0.25) is 0 Å². The van der Waals surface area contributed by atoms with E-state index in [1.54, 1.807) is 0 Å². The number of rotatable bonds is 9. The van der Waals surface area contributed by atoms with Gasteiger partial charge in [0.25, 0.3) is 0 Å². The van der Waals surface area contributed by atoms with Gasteiger partial charge < -0.3 is 0 Å². The minimum Gasteiger partial charge on any atom is -0.192 e. The molecular weight excluding hydrogens is 376 g/mol. The molecule has 3 rings (SSSR count). The molecule has 0 aliphatic carbocycles. The molecule has 0 N–H and O–H groups in total. The van der Waals surface area contributed by atoms with Gasteiger partial charge in [0.15, 0.2) is 0 Å². The molecule has 31 heavy (non-hydrogen) atoms. The molecule has 0 aromatic heterocycles. The van der Waals surface area contributed by atoms with Gasteiger partial charge in [0.05, 0.1) is 11.1 Å². The van der Waals surface area contributed by atoms with Gasteiger partial charge in [-0.2, -0.15) is 10.5 Å². The summed E-state index contributed by atoms with van der Waals surface area (Å²) in [5, 5.41) is 19.8. The molecule has 3 aromatic rings. The number of aryl methyl sites for hydroxylation is 2. The zero-order chi connectivity index (χ0) is 22.1. The quantitative estimate of drug-likeness (QED) is 0.340. The van der Waals surface area contributed by atoms with Crippen LogP contribution in [0.3, 0.4) is 0 Å². The molecule has 2 nitrogen and oxygen atoms in total. The van der Waals surface area contributed by atoms with E-state index in [1.807, 2.05) is 12.1 Å². The Hall–Kier alpha value is -3.36. The zero-order valence-corrected chi connectivity index (χ0v) is 18.6. The maximum atomic E-state index is 9.90. The maximum absolute atomic E-state index is 9.90. The Labute approximate surface area is 186 Å². The van der Waals surface area contributed by atoms with Crippen LogP contribution in [-0.2, 0) is 12.8 Å². The summed E-state index contributed by atoms with van der Waals surface area (Å²) in [6, 6.07) is 25.4. The van der Waals surface area contributed by atoms with Crippen molar-refractivity contribution in [2.75, 3.05) is 0 Å². The normalized spacial score (nSPS) is 10.5. The molecule has 0 heterocycles. The van der Waals surface area contributed by atoms with E-state index in [4.69, 9.17) is 0 Å². The second kappa shape index (κ2) is 11.1. The summed E-state index contributed by atoms with van der Waals surface area (Å²) < 4.78 is 0. The van der Waals surface area contributed by atoms with Gasteiger partial charge in [-0.1, -0.05) is 93.8 Å². The smallest absolute Gasteiger partial charge is 0.101 e. The van der Waals surface area contributed by atoms with E-state index in [1.165, 1.54) is 43.2 Å². The highest BCUT2D eigenvalue weighted by Crippen LogP contribution is 2.33. The molecule has 0 fully saturated rings. The molecule has 0 unspecified atom stereocenters. The van der Waals surface area contributed by atoms with Gasteiger partial charge in [0, 0.05) is 11.1 Å².